The molecule has 1 aromatic carbocycles. The number of hydrogen-bond donors (Lipinski definition) is 1. The summed E-state index contributed by atoms with van der Waals surface area (Å²) in [5.41, 5.74) is 2.58. The summed E-state index contributed by atoms with van der Waals surface area (Å²) >= 11 is 0. The third-order valence-corrected chi connectivity index (χ3v) is 3.83. The molecule has 0 radical (unpaired) electrons. The number of likely N-dealkylation sites (tertiary alicyclic amines) is 1. The molecule has 5 heteroatoms. The fraction of sp³-hybridized carbons (Fsp3) is 0.312. The molecule has 0 saturated carbocycles. The Hall–Kier alpha value is -2.43. The fourth-order valence-corrected chi connectivity index (χ4v) is 2.50. The van der Waals surface area contributed by atoms with Gasteiger partial charge in [0.05, 0.1) is 17.1 Å². The Bertz CT molecular complexity index is 721. The smallest absolute Gasteiger partial charge is 0.231 e. The standard InChI is InChI=1S/C16H17N3O2/c1-10-6-7-13-14(17-10)4-3-5-15(13)18-16(21)12-8-19(9-12)11(2)20/h3-7,12H,8-9H2,1-2H3,(H,18,21). The van der Waals surface area contributed by atoms with Gasteiger partial charge < -0.3 is 10.2 Å². The van der Waals surface area contributed by atoms with E-state index in [1.807, 2.05) is 37.3 Å². The fourth-order valence-electron chi connectivity index (χ4n) is 2.50. The SMILES string of the molecule is CC(=O)N1CC(C(=O)Nc2cccc3nc(C)ccc23)C1. The van der Waals surface area contributed by atoms with Crippen LogP contribution >= 0.6 is 0 Å². The molecule has 1 N–H and O–H groups in total. The van der Waals surface area contributed by atoms with Gasteiger partial charge in [0.2, 0.25) is 11.8 Å². The van der Waals surface area contributed by atoms with Crippen LogP contribution in [0, 0.1) is 12.8 Å². The van der Waals surface area contributed by atoms with Gasteiger partial charge in [-0.1, -0.05) is 6.07 Å². The van der Waals surface area contributed by atoms with E-state index in [1.165, 1.54) is 6.92 Å². The van der Waals surface area contributed by atoms with E-state index in [1.54, 1.807) is 4.90 Å². The normalized spacial score (nSPS) is 14.9. The molecule has 0 bridgehead atoms. The average molecular weight is 283 g/mol. The van der Waals surface area contributed by atoms with Crippen LogP contribution < -0.4 is 5.32 Å². The van der Waals surface area contributed by atoms with E-state index >= 15 is 0 Å². The van der Waals surface area contributed by atoms with Crippen LogP contribution in [0.3, 0.4) is 0 Å². The van der Waals surface area contributed by atoms with Crippen molar-refractivity contribution in [3.05, 3.63) is 36.0 Å². The molecule has 21 heavy (non-hydrogen) atoms. The lowest BCUT2D eigenvalue weighted by atomic mass is 9.99. The van der Waals surface area contributed by atoms with Gasteiger partial charge in [0.15, 0.2) is 0 Å². The average Bonchev–Trinajstić information content (AvgIpc) is 2.36. The molecule has 2 aromatic rings. The maximum atomic E-state index is 12.2. The van der Waals surface area contributed by atoms with Crippen LogP contribution in [-0.4, -0.2) is 34.8 Å². The lowest BCUT2D eigenvalue weighted by molar-refractivity contribution is -0.139. The van der Waals surface area contributed by atoms with E-state index in [4.69, 9.17) is 0 Å². The van der Waals surface area contributed by atoms with Crippen LogP contribution in [0.15, 0.2) is 30.3 Å². The van der Waals surface area contributed by atoms with E-state index < -0.39 is 0 Å². The molecular weight excluding hydrogens is 266 g/mol. The lowest BCUT2D eigenvalue weighted by Gasteiger charge is -2.37. The molecular formula is C16H17N3O2. The summed E-state index contributed by atoms with van der Waals surface area (Å²) in [5.74, 6) is -0.146. The van der Waals surface area contributed by atoms with Crippen molar-refractivity contribution in [3.8, 4) is 0 Å². The molecule has 1 aliphatic heterocycles. The Morgan fingerprint density at radius 1 is 1.24 bits per heavy atom. The van der Waals surface area contributed by atoms with Crippen molar-refractivity contribution in [1.82, 2.24) is 9.88 Å². The number of anilines is 1. The number of carbonyl (C=O) groups is 2. The Morgan fingerprint density at radius 2 is 2.00 bits per heavy atom. The molecule has 0 unspecified atom stereocenters. The van der Waals surface area contributed by atoms with Crippen LogP contribution in [0.2, 0.25) is 0 Å². The van der Waals surface area contributed by atoms with E-state index in [-0.39, 0.29) is 17.7 Å². The maximum absolute atomic E-state index is 12.2. The topological polar surface area (TPSA) is 62.3 Å². The van der Waals surface area contributed by atoms with Crippen LogP contribution in [-0.2, 0) is 9.59 Å². The molecule has 108 valence electrons. The first-order valence-electron chi connectivity index (χ1n) is 6.97. The highest BCUT2D eigenvalue weighted by Crippen LogP contribution is 2.24. The summed E-state index contributed by atoms with van der Waals surface area (Å²) in [5, 5.41) is 3.88. The zero-order valence-electron chi connectivity index (χ0n) is 12.1. The Labute approximate surface area is 123 Å². The number of hydrogen-bond acceptors (Lipinski definition) is 3. The van der Waals surface area contributed by atoms with Crippen LogP contribution in [0.4, 0.5) is 5.69 Å². The zero-order chi connectivity index (χ0) is 15.0. The van der Waals surface area contributed by atoms with Crippen molar-refractivity contribution in [3.63, 3.8) is 0 Å². The molecule has 0 aliphatic carbocycles. The minimum Gasteiger partial charge on any atom is -0.341 e. The van der Waals surface area contributed by atoms with Gasteiger partial charge in [-0.05, 0) is 31.2 Å². The van der Waals surface area contributed by atoms with Crippen molar-refractivity contribution in [1.29, 1.82) is 0 Å². The second-order valence-corrected chi connectivity index (χ2v) is 5.44. The van der Waals surface area contributed by atoms with E-state index in [0.717, 1.165) is 22.3 Å². The Kier molecular flexibility index (Phi) is 3.33. The highest BCUT2D eigenvalue weighted by atomic mass is 16.2. The number of pyridine rings is 1. The maximum Gasteiger partial charge on any atom is 0.231 e. The van der Waals surface area contributed by atoms with E-state index in [2.05, 4.69) is 10.3 Å². The van der Waals surface area contributed by atoms with Crippen LogP contribution in [0.25, 0.3) is 10.9 Å². The molecule has 1 saturated heterocycles. The van der Waals surface area contributed by atoms with Crippen LogP contribution in [0.1, 0.15) is 12.6 Å². The molecule has 5 nitrogen and oxygen atoms in total. The molecule has 0 spiro atoms. The van der Waals surface area contributed by atoms with Crippen LogP contribution in [0.5, 0.6) is 0 Å². The molecule has 1 fully saturated rings. The largest absolute Gasteiger partial charge is 0.341 e. The van der Waals surface area contributed by atoms with Gasteiger partial charge in [-0.15, -0.1) is 0 Å². The van der Waals surface area contributed by atoms with Crippen molar-refractivity contribution >= 4 is 28.4 Å². The predicted octanol–water partition coefficient (Wildman–Crippen LogP) is 1.96. The third-order valence-electron chi connectivity index (χ3n) is 3.83. The summed E-state index contributed by atoms with van der Waals surface area (Å²) in [4.78, 5) is 29.5. The second-order valence-electron chi connectivity index (χ2n) is 5.44. The van der Waals surface area contributed by atoms with Crippen molar-refractivity contribution < 1.29 is 9.59 Å². The number of nitrogens with zero attached hydrogens (tertiary/aromatic N) is 2. The molecule has 3 rings (SSSR count). The van der Waals surface area contributed by atoms with Gasteiger partial charge in [-0.3, -0.25) is 14.6 Å². The van der Waals surface area contributed by atoms with Crippen molar-refractivity contribution in [2.24, 2.45) is 5.92 Å². The molecule has 1 aromatic heterocycles. The summed E-state index contributed by atoms with van der Waals surface area (Å²) in [6.45, 7) is 4.47. The Balaban J connectivity index is 1.76. The first-order chi connectivity index (χ1) is 10.0. The number of nitrogens with one attached hydrogen (secondary N) is 1. The van der Waals surface area contributed by atoms with Gasteiger partial charge >= 0.3 is 0 Å². The van der Waals surface area contributed by atoms with Crippen molar-refractivity contribution in [2.75, 3.05) is 18.4 Å². The number of carbonyl (C=O) groups excluding carboxylic acids is 2. The molecule has 2 amide bonds. The van der Waals surface area contributed by atoms with Gasteiger partial charge in [0, 0.05) is 31.1 Å². The number of aromatic nitrogens is 1. The quantitative estimate of drug-likeness (QED) is 0.916. The number of aryl methyl sites for hydroxylation is 1. The molecule has 2 heterocycles. The first kappa shape index (κ1) is 13.5. The summed E-state index contributed by atoms with van der Waals surface area (Å²) in [6.07, 6.45) is 0. The number of fused-ring (bicyclic) bond motifs is 1. The number of amides is 2. The lowest BCUT2D eigenvalue weighted by Crippen LogP contribution is -2.53. The number of rotatable bonds is 2. The van der Waals surface area contributed by atoms with Gasteiger partial charge in [0.25, 0.3) is 0 Å². The van der Waals surface area contributed by atoms with Gasteiger partial charge in [-0.25, -0.2) is 0 Å². The monoisotopic (exact) mass is 283 g/mol. The van der Waals surface area contributed by atoms with E-state index in [9.17, 15) is 9.59 Å². The highest BCUT2D eigenvalue weighted by molar-refractivity contribution is 6.02. The minimum atomic E-state index is -0.123. The molecule has 0 atom stereocenters. The van der Waals surface area contributed by atoms with E-state index in [0.29, 0.717) is 13.1 Å². The third kappa shape index (κ3) is 2.59. The summed E-state index contributed by atoms with van der Waals surface area (Å²) in [6, 6.07) is 9.58. The van der Waals surface area contributed by atoms with Gasteiger partial charge in [0.1, 0.15) is 0 Å². The molecule has 1 aliphatic rings. The predicted molar refractivity (Wildman–Crippen MR) is 80.9 cm³/mol. The zero-order valence-corrected chi connectivity index (χ0v) is 12.1. The van der Waals surface area contributed by atoms with Crippen molar-refractivity contribution in [2.45, 2.75) is 13.8 Å². The second kappa shape index (κ2) is 5.16. The van der Waals surface area contributed by atoms with Gasteiger partial charge in [-0.2, -0.15) is 0 Å². The number of benzene rings is 1. The Morgan fingerprint density at radius 3 is 2.71 bits per heavy atom. The highest BCUT2D eigenvalue weighted by Gasteiger charge is 2.34. The summed E-state index contributed by atoms with van der Waals surface area (Å²) in [7, 11) is 0. The summed E-state index contributed by atoms with van der Waals surface area (Å²) < 4.78 is 0. The minimum absolute atomic E-state index is 0.0175. The first-order valence-corrected chi connectivity index (χ1v) is 6.97.